The number of carboxylic acids is 1. The normalized spacial score (nSPS) is 18.6. The van der Waals surface area contributed by atoms with E-state index in [-0.39, 0.29) is 16.6 Å². The lowest BCUT2D eigenvalue weighted by molar-refractivity contribution is -0.143. The molecule has 22 heavy (non-hydrogen) atoms. The van der Waals surface area contributed by atoms with Crippen LogP contribution in [0.2, 0.25) is 10.0 Å². The predicted octanol–water partition coefficient (Wildman–Crippen LogP) is 3.55. The van der Waals surface area contributed by atoms with E-state index in [2.05, 4.69) is 4.98 Å². The Bertz CT molecular complexity index is 757. The van der Waals surface area contributed by atoms with E-state index in [1.165, 1.54) is 4.90 Å². The molecule has 3 rings (SSSR count). The van der Waals surface area contributed by atoms with Crippen LogP contribution >= 0.6 is 23.2 Å². The third-order valence-electron chi connectivity index (χ3n) is 3.96. The van der Waals surface area contributed by atoms with Crippen molar-refractivity contribution in [2.24, 2.45) is 0 Å². The Kier molecular flexibility index (Phi) is 4.02. The number of fused-ring (bicyclic) bond motifs is 1. The van der Waals surface area contributed by atoms with Gasteiger partial charge in [0.1, 0.15) is 11.7 Å². The van der Waals surface area contributed by atoms with Crippen molar-refractivity contribution in [3.8, 4) is 0 Å². The Labute approximate surface area is 136 Å². The van der Waals surface area contributed by atoms with Crippen molar-refractivity contribution in [3.05, 3.63) is 33.9 Å². The van der Waals surface area contributed by atoms with Gasteiger partial charge in [-0.1, -0.05) is 23.2 Å². The van der Waals surface area contributed by atoms with E-state index in [9.17, 15) is 14.7 Å². The molecule has 0 bridgehead atoms. The molecule has 1 fully saturated rings. The number of likely N-dealkylation sites (tertiary alicyclic amines) is 1. The molecule has 1 aliphatic rings. The number of halogens is 2. The minimum atomic E-state index is -0.983. The van der Waals surface area contributed by atoms with E-state index in [1.807, 2.05) is 0 Å². The number of benzene rings is 1. The Hall–Kier alpha value is -1.72. The lowest BCUT2D eigenvalue weighted by atomic mass is 10.0. The van der Waals surface area contributed by atoms with Gasteiger partial charge in [0.05, 0.1) is 5.02 Å². The Morgan fingerprint density at radius 3 is 2.77 bits per heavy atom. The van der Waals surface area contributed by atoms with Crippen LogP contribution in [0.5, 0.6) is 0 Å². The van der Waals surface area contributed by atoms with E-state index < -0.39 is 12.0 Å². The molecule has 0 aliphatic carbocycles. The molecule has 2 aromatic rings. The summed E-state index contributed by atoms with van der Waals surface area (Å²) in [4.78, 5) is 28.4. The van der Waals surface area contributed by atoms with Crippen molar-refractivity contribution >= 4 is 46.0 Å². The molecule has 7 heteroatoms. The summed E-state index contributed by atoms with van der Waals surface area (Å²) in [6.07, 6.45) is 2.06. The zero-order chi connectivity index (χ0) is 15.9. The van der Waals surface area contributed by atoms with Gasteiger partial charge in [-0.05, 0) is 37.5 Å². The largest absolute Gasteiger partial charge is 0.480 e. The van der Waals surface area contributed by atoms with Crippen LogP contribution in [0.25, 0.3) is 10.9 Å². The second-order valence-electron chi connectivity index (χ2n) is 5.35. The number of aliphatic carboxylic acids is 1. The molecule has 0 spiro atoms. The van der Waals surface area contributed by atoms with Crippen LogP contribution in [0.15, 0.2) is 18.2 Å². The second kappa shape index (κ2) is 5.82. The molecule has 1 unspecified atom stereocenters. The number of piperidine rings is 1. The third kappa shape index (κ3) is 2.55. The standard InChI is InChI=1S/C15H14Cl2N2O3/c16-8-4-5-10-9(7-8)12(17)13(18-10)14(20)19-6-2-1-3-11(19)15(21)22/h4-5,7,11,18H,1-3,6H2,(H,21,22). The van der Waals surface area contributed by atoms with E-state index in [0.29, 0.717) is 28.9 Å². The number of aromatic nitrogens is 1. The molecule has 1 aromatic heterocycles. The topological polar surface area (TPSA) is 73.4 Å². The molecule has 2 heterocycles. The molecule has 1 aliphatic heterocycles. The maximum Gasteiger partial charge on any atom is 0.326 e. The van der Waals surface area contributed by atoms with Gasteiger partial charge in [-0.2, -0.15) is 0 Å². The second-order valence-corrected chi connectivity index (χ2v) is 6.17. The smallest absolute Gasteiger partial charge is 0.326 e. The first-order valence-corrected chi connectivity index (χ1v) is 7.75. The summed E-state index contributed by atoms with van der Waals surface area (Å²) < 4.78 is 0. The van der Waals surface area contributed by atoms with Crippen LogP contribution in [-0.2, 0) is 4.79 Å². The summed E-state index contributed by atoms with van der Waals surface area (Å²) in [6, 6.07) is 4.32. The van der Waals surface area contributed by atoms with Crippen molar-refractivity contribution < 1.29 is 14.7 Å². The highest BCUT2D eigenvalue weighted by Gasteiger charge is 2.34. The Morgan fingerprint density at radius 1 is 1.27 bits per heavy atom. The summed E-state index contributed by atoms with van der Waals surface area (Å²) in [5.74, 6) is -1.37. The molecule has 0 radical (unpaired) electrons. The SMILES string of the molecule is O=C(O)C1CCCCN1C(=O)c1[nH]c2ccc(Cl)cc2c1Cl. The van der Waals surface area contributed by atoms with Crippen molar-refractivity contribution in [1.29, 1.82) is 0 Å². The highest BCUT2D eigenvalue weighted by atomic mass is 35.5. The van der Waals surface area contributed by atoms with Gasteiger partial charge in [-0.15, -0.1) is 0 Å². The first-order valence-electron chi connectivity index (χ1n) is 6.99. The molecule has 1 atom stereocenters. The zero-order valence-corrected chi connectivity index (χ0v) is 13.1. The summed E-state index contributed by atoms with van der Waals surface area (Å²) in [7, 11) is 0. The fourth-order valence-electron chi connectivity index (χ4n) is 2.85. The molecule has 1 amide bonds. The lowest BCUT2D eigenvalue weighted by Gasteiger charge is -2.32. The van der Waals surface area contributed by atoms with Gasteiger partial charge in [0.15, 0.2) is 0 Å². The molecule has 5 nitrogen and oxygen atoms in total. The Balaban J connectivity index is 2.01. The number of amides is 1. The fraction of sp³-hybridized carbons (Fsp3) is 0.333. The maximum absolute atomic E-state index is 12.7. The van der Waals surface area contributed by atoms with Crippen molar-refractivity contribution in [2.45, 2.75) is 25.3 Å². The minimum Gasteiger partial charge on any atom is -0.480 e. The van der Waals surface area contributed by atoms with Gasteiger partial charge in [-0.25, -0.2) is 4.79 Å². The van der Waals surface area contributed by atoms with E-state index in [4.69, 9.17) is 23.2 Å². The average molecular weight is 341 g/mol. The van der Waals surface area contributed by atoms with Gasteiger partial charge < -0.3 is 15.0 Å². The number of rotatable bonds is 2. The fourth-order valence-corrected chi connectivity index (χ4v) is 3.31. The predicted molar refractivity (Wildman–Crippen MR) is 84.6 cm³/mol. The van der Waals surface area contributed by atoms with Gasteiger partial charge in [-0.3, -0.25) is 4.79 Å². The first-order chi connectivity index (χ1) is 10.5. The monoisotopic (exact) mass is 340 g/mol. The summed E-state index contributed by atoms with van der Waals surface area (Å²) in [5, 5.41) is 10.7. The van der Waals surface area contributed by atoms with Gasteiger partial charge >= 0.3 is 5.97 Å². The van der Waals surface area contributed by atoms with E-state index in [1.54, 1.807) is 18.2 Å². The molecular weight excluding hydrogens is 327 g/mol. The van der Waals surface area contributed by atoms with Gasteiger partial charge in [0.25, 0.3) is 5.91 Å². The van der Waals surface area contributed by atoms with Gasteiger partial charge in [0, 0.05) is 22.5 Å². The van der Waals surface area contributed by atoms with Crippen LogP contribution in [0, 0.1) is 0 Å². The lowest BCUT2D eigenvalue weighted by Crippen LogP contribution is -2.48. The molecule has 1 saturated heterocycles. The van der Waals surface area contributed by atoms with E-state index in [0.717, 1.165) is 12.8 Å². The molecule has 0 saturated carbocycles. The average Bonchev–Trinajstić information content (AvgIpc) is 2.83. The number of hydrogen-bond acceptors (Lipinski definition) is 2. The summed E-state index contributed by atoms with van der Waals surface area (Å²) >= 11 is 12.2. The molecule has 116 valence electrons. The van der Waals surface area contributed by atoms with Crippen LogP contribution in [0.4, 0.5) is 0 Å². The summed E-state index contributed by atoms with van der Waals surface area (Å²) in [5.41, 5.74) is 0.911. The Morgan fingerprint density at radius 2 is 2.05 bits per heavy atom. The maximum atomic E-state index is 12.7. The quantitative estimate of drug-likeness (QED) is 0.877. The first kappa shape index (κ1) is 15.2. The van der Waals surface area contributed by atoms with E-state index >= 15 is 0 Å². The number of carboxylic acid groups (broad SMARTS) is 1. The molecule has 1 aromatic carbocycles. The number of carbonyl (C=O) groups is 2. The van der Waals surface area contributed by atoms with Crippen LogP contribution in [0.3, 0.4) is 0 Å². The van der Waals surface area contributed by atoms with Crippen molar-refractivity contribution in [3.63, 3.8) is 0 Å². The zero-order valence-electron chi connectivity index (χ0n) is 11.6. The van der Waals surface area contributed by atoms with Crippen LogP contribution < -0.4 is 0 Å². The number of nitrogens with one attached hydrogen (secondary N) is 1. The van der Waals surface area contributed by atoms with Crippen molar-refractivity contribution in [2.75, 3.05) is 6.54 Å². The van der Waals surface area contributed by atoms with Crippen LogP contribution in [-0.4, -0.2) is 39.5 Å². The highest BCUT2D eigenvalue weighted by molar-refractivity contribution is 6.39. The number of hydrogen-bond donors (Lipinski definition) is 2. The molecular formula is C15H14Cl2N2O3. The number of nitrogens with zero attached hydrogens (tertiary/aromatic N) is 1. The summed E-state index contributed by atoms with van der Waals surface area (Å²) in [6.45, 7) is 0.419. The molecule has 2 N–H and O–H groups in total. The van der Waals surface area contributed by atoms with Crippen LogP contribution in [0.1, 0.15) is 29.8 Å². The highest BCUT2D eigenvalue weighted by Crippen LogP contribution is 2.31. The van der Waals surface area contributed by atoms with Crippen molar-refractivity contribution in [1.82, 2.24) is 9.88 Å². The number of H-pyrrole nitrogens is 1. The third-order valence-corrected chi connectivity index (χ3v) is 4.59. The minimum absolute atomic E-state index is 0.215. The number of carbonyl (C=O) groups excluding carboxylic acids is 1. The number of aromatic amines is 1. The van der Waals surface area contributed by atoms with Gasteiger partial charge in [0.2, 0.25) is 0 Å².